The monoisotopic (exact) mass is 401 g/mol. The lowest BCUT2D eigenvalue weighted by molar-refractivity contribution is 0.155. The van der Waals surface area contributed by atoms with Crippen LogP contribution in [0.25, 0.3) is 0 Å². The second-order valence-electron chi connectivity index (χ2n) is 5.61. The SMILES string of the molecule is CNc1sc(CCN=O)cc1S(=O)(=O)N(C)CC(O)c1ccc(F)cc1. The molecule has 0 amide bonds. The van der Waals surface area contributed by atoms with E-state index >= 15 is 0 Å². The van der Waals surface area contributed by atoms with Gasteiger partial charge in [-0.3, -0.25) is 0 Å². The standard InChI is InChI=1S/C16H20FN3O4S2/c1-18-16-15(9-13(25-16)7-8-19-22)26(23,24)20(2)10-14(21)11-3-5-12(17)6-4-11/h3-6,9,14,18,21H,7-8,10H2,1-2H3. The second kappa shape index (κ2) is 8.67. The van der Waals surface area contributed by atoms with E-state index in [9.17, 15) is 22.8 Å². The van der Waals surface area contributed by atoms with Crippen LogP contribution >= 0.6 is 11.3 Å². The molecule has 1 atom stereocenters. The van der Waals surface area contributed by atoms with Gasteiger partial charge in [0.2, 0.25) is 10.0 Å². The molecule has 2 aromatic rings. The van der Waals surface area contributed by atoms with Crippen molar-refractivity contribution in [1.29, 1.82) is 0 Å². The Balaban J connectivity index is 2.21. The number of rotatable bonds is 9. The van der Waals surface area contributed by atoms with Crippen LogP contribution in [0.5, 0.6) is 0 Å². The lowest BCUT2D eigenvalue weighted by Gasteiger charge is -2.21. The Kier molecular flexibility index (Phi) is 6.81. The van der Waals surface area contributed by atoms with Crippen LogP contribution in [0, 0.1) is 10.7 Å². The van der Waals surface area contributed by atoms with E-state index in [0.29, 0.717) is 17.0 Å². The van der Waals surface area contributed by atoms with Gasteiger partial charge in [-0.1, -0.05) is 17.3 Å². The Hall–Kier alpha value is -1.88. The molecule has 10 heteroatoms. The number of likely N-dealkylation sites (N-methyl/N-ethyl adjacent to an activating group) is 1. The maximum absolute atomic E-state index is 13.0. The number of sulfonamides is 1. The van der Waals surface area contributed by atoms with Crippen molar-refractivity contribution in [2.24, 2.45) is 5.18 Å². The first-order valence-electron chi connectivity index (χ1n) is 7.79. The van der Waals surface area contributed by atoms with Gasteiger partial charge in [-0.15, -0.1) is 11.3 Å². The number of aliphatic hydroxyl groups excluding tert-OH is 1. The Labute approximate surface area is 155 Å². The quantitative estimate of drug-likeness (QED) is 0.629. The molecule has 0 aliphatic heterocycles. The molecule has 1 unspecified atom stereocenters. The highest BCUT2D eigenvalue weighted by atomic mass is 32.2. The predicted molar refractivity (Wildman–Crippen MR) is 99.4 cm³/mol. The molecule has 142 valence electrons. The van der Waals surface area contributed by atoms with Crippen molar-refractivity contribution < 1.29 is 17.9 Å². The maximum Gasteiger partial charge on any atom is 0.245 e. The minimum absolute atomic E-state index is 0.0717. The molecule has 2 N–H and O–H groups in total. The van der Waals surface area contributed by atoms with Crippen LogP contribution < -0.4 is 5.32 Å². The Morgan fingerprint density at radius 3 is 2.58 bits per heavy atom. The van der Waals surface area contributed by atoms with Crippen LogP contribution in [0.15, 0.2) is 40.4 Å². The molecule has 0 saturated heterocycles. The normalized spacial score (nSPS) is 13.0. The van der Waals surface area contributed by atoms with Crippen LogP contribution in [-0.2, 0) is 16.4 Å². The summed E-state index contributed by atoms with van der Waals surface area (Å²) in [4.78, 5) is 11.1. The summed E-state index contributed by atoms with van der Waals surface area (Å²) < 4.78 is 39.7. The second-order valence-corrected chi connectivity index (χ2v) is 8.76. The molecule has 1 aromatic carbocycles. The van der Waals surface area contributed by atoms with Gasteiger partial charge in [0, 0.05) is 31.9 Å². The molecule has 0 radical (unpaired) electrons. The Morgan fingerprint density at radius 2 is 2.00 bits per heavy atom. The van der Waals surface area contributed by atoms with Crippen molar-refractivity contribution in [3.8, 4) is 0 Å². The van der Waals surface area contributed by atoms with Crippen LogP contribution in [0.4, 0.5) is 9.39 Å². The van der Waals surface area contributed by atoms with E-state index in [2.05, 4.69) is 10.5 Å². The van der Waals surface area contributed by atoms with E-state index in [0.717, 1.165) is 9.18 Å². The minimum Gasteiger partial charge on any atom is -0.387 e. The van der Waals surface area contributed by atoms with Gasteiger partial charge in [-0.05, 0) is 23.8 Å². The smallest absolute Gasteiger partial charge is 0.245 e. The Bertz CT molecular complexity index is 853. The van der Waals surface area contributed by atoms with Crippen molar-refractivity contribution in [1.82, 2.24) is 4.31 Å². The first-order valence-corrected chi connectivity index (χ1v) is 10.0. The number of halogens is 1. The summed E-state index contributed by atoms with van der Waals surface area (Å²) in [5, 5.41) is 16.3. The number of nitroso groups, excluding NO2 is 1. The minimum atomic E-state index is -3.86. The van der Waals surface area contributed by atoms with Crippen molar-refractivity contribution in [3.05, 3.63) is 51.5 Å². The fourth-order valence-electron chi connectivity index (χ4n) is 2.37. The first-order chi connectivity index (χ1) is 12.3. The van der Waals surface area contributed by atoms with Gasteiger partial charge in [-0.2, -0.15) is 9.21 Å². The molecule has 2 rings (SSSR count). The van der Waals surface area contributed by atoms with E-state index in [1.807, 2.05) is 0 Å². The fraction of sp³-hybridized carbons (Fsp3) is 0.375. The van der Waals surface area contributed by atoms with Crippen LogP contribution in [0.3, 0.4) is 0 Å². The number of anilines is 1. The molecule has 0 saturated carbocycles. The summed E-state index contributed by atoms with van der Waals surface area (Å²) in [7, 11) is -0.881. The number of hydrogen-bond donors (Lipinski definition) is 2. The number of nitrogens with one attached hydrogen (secondary N) is 1. The number of hydrogen-bond acceptors (Lipinski definition) is 7. The van der Waals surface area contributed by atoms with Gasteiger partial charge in [-0.25, -0.2) is 12.8 Å². The molecule has 7 nitrogen and oxygen atoms in total. The van der Waals surface area contributed by atoms with Gasteiger partial charge < -0.3 is 10.4 Å². The molecule has 0 spiro atoms. The number of nitrogens with zero attached hydrogens (tertiary/aromatic N) is 2. The molecule has 0 fully saturated rings. The highest BCUT2D eigenvalue weighted by Gasteiger charge is 2.28. The van der Waals surface area contributed by atoms with Crippen molar-refractivity contribution in [2.75, 3.05) is 32.5 Å². The third-order valence-electron chi connectivity index (χ3n) is 3.80. The van der Waals surface area contributed by atoms with Gasteiger partial charge in [0.25, 0.3) is 0 Å². The van der Waals surface area contributed by atoms with Crippen LogP contribution in [0.2, 0.25) is 0 Å². The lowest BCUT2D eigenvalue weighted by atomic mass is 10.1. The third-order valence-corrected chi connectivity index (χ3v) is 6.99. The number of benzene rings is 1. The molecular formula is C16H20FN3O4S2. The molecule has 0 aliphatic rings. The molecule has 1 aromatic heterocycles. The summed E-state index contributed by atoms with van der Waals surface area (Å²) in [6.07, 6.45) is -0.730. The van der Waals surface area contributed by atoms with E-state index in [1.165, 1.54) is 48.7 Å². The van der Waals surface area contributed by atoms with E-state index in [-0.39, 0.29) is 18.0 Å². The topological polar surface area (TPSA) is 99.1 Å². The molecule has 0 aliphatic carbocycles. The summed E-state index contributed by atoms with van der Waals surface area (Å²) >= 11 is 1.24. The maximum atomic E-state index is 13.0. The number of thiophene rings is 1. The summed E-state index contributed by atoms with van der Waals surface area (Å²) in [6, 6.07) is 6.75. The largest absolute Gasteiger partial charge is 0.387 e. The van der Waals surface area contributed by atoms with Crippen LogP contribution in [0.1, 0.15) is 16.5 Å². The first kappa shape index (κ1) is 20.4. The number of aliphatic hydroxyl groups is 1. The van der Waals surface area contributed by atoms with E-state index in [1.54, 1.807) is 7.05 Å². The van der Waals surface area contributed by atoms with E-state index in [4.69, 9.17) is 0 Å². The highest BCUT2D eigenvalue weighted by Crippen LogP contribution is 2.34. The third kappa shape index (κ3) is 4.64. The Morgan fingerprint density at radius 1 is 1.35 bits per heavy atom. The lowest BCUT2D eigenvalue weighted by Crippen LogP contribution is -2.31. The van der Waals surface area contributed by atoms with Crippen LogP contribution in [-0.4, -0.2) is 45.0 Å². The zero-order valence-electron chi connectivity index (χ0n) is 14.3. The zero-order chi connectivity index (χ0) is 19.3. The molecular weight excluding hydrogens is 381 g/mol. The average molecular weight is 401 g/mol. The zero-order valence-corrected chi connectivity index (χ0v) is 16.0. The van der Waals surface area contributed by atoms with Gasteiger partial charge >= 0.3 is 0 Å². The molecule has 26 heavy (non-hydrogen) atoms. The van der Waals surface area contributed by atoms with Gasteiger partial charge in [0.15, 0.2) is 0 Å². The van der Waals surface area contributed by atoms with Crippen molar-refractivity contribution in [3.63, 3.8) is 0 Å². The summed E-state index contributed by atoms with van der Waals surface area (Å²) in [6.45, 7) is -0.111. The van der Waals surface area contributed by atoms with E-state index < -0.39 is 21.9 Å². The summed E-state index contributed by atoms with van der Waals surface area (Å²) in [5.41, 5.74) is 0.422. The molecule has 0 bridgehead atoms. The highest BCUT2D eigenvalue weighted by molar-refractivity contribution is 7.89. The van der Waals surface area contributed by atoms with Crippen molar-refractivity contribution >= 4 is 26.4 Å². The predicted octanol–water partition coefficient (Wildman–Crippen LogP) is 2.59. The summed E-state index contributed by atoms with van der Waals surface area (Å²) in [5.74, 6) is -0.434. The van der Waals surface area contributed by atoms with Gasteiger partial charge in [0.1, 0.15) is 15.7 Å². The van der Waals surface area contributed by atoms with Gasteiger partial charge in [0.05, 0.1) is 12.6 Å². The fourth-order valence-corrected chi connectivity index (χ4v) is 5.08. The van der Waals surface area contributed by atoms with Crippen molar-refractivity contribution in [2.45, 2.75) is 17.4 Å². The molecule has 1 heterocycles. The average Bonchev–Trinajstić information content (AvgIpc) is 3.04.